The molecule has 2 amide bonds. The molecule has 6 rings (SSSR count). The number of hydrogen-bond donors (Lipinski definition) is 2. The molecule has 3 aromatic heterocycles. The van der Waals surface area contributed by atoms with Gasteiger partial charge in [0.05, 0.1) is 18.4 Å². The van der Waals surface area contributed by atoms with Gasteiger partial charge in [-0.2, -0.15) is 0 Å². The standard InChI is InChI=1S/C28H27ClFN7O3/c1-2-40-19-12-16(28(39)34-21-5-3-4-10-32-21)11-18(30)23(19)24-25-26(31)33-13-20(29)37(25)27(35-24)15-6-7-17-8-9-22(38)36(17)14-15/h3-5,10-13,15,17H,2,6-9,14H2,1H3,(H2,31,33)(H,32,34,39)/t15-,17+/m1/s1. The quantitative estimate of drug-likeness (QED) is 0.348. The van der Waals surface area contributed by atoms with Gasteiger partial charge in [-0.15, -0.1) is 0 Å². The number of halogens is 2. The van der Waals surface area contributed by atoms with Gasteiger partial charge in [0, 0.05) is 36.7 Å². The van der Waals surface area contributed by atoms with Crippen molar-refractivity contribution in [1.29, 1.82) is 0 Å². The van der Waals surface area contributed by atoms with Crippen LogP contribution in [-0.4, -0.2) is 55.3 Å². The maximum Gasteiger partial charge on any atom is 0.257 e. The van der Waals surface area contributed by atoms with Gasteiger partial charge in [0.15, 0.2) is 0 Å². The molecule has 0 unspecified atom stereocenters. The number of carbonyl (C=O) groups is 2. The van der Waals surface area contributed by atoms with Crippen LogP contribution in [0.1, 0.15) is 54.7 Å². The lowest BCUT2D eigenvalue weighted by Gasteiger charge is -2.34. The Morgan fingerprint density at radius 3 is 2.88 bits per heavy atom. The minimum atomic E-state index is -0.721. The average Bonchev–Trinajstić information content (AvgIpc) is 3.53. The average molecular weight is 564 g/mol. The predicted octanol–water partition coefficient (Wildman–Crippen LogP) is 4.69. The second-order valence-corrected chi connectivity index (χ2v) is 10.3. The van der Waals surface area contributed by atoms with Crippen molar-refractivity contribution >= 4 is 40.6 Å². The summed E-state index contributed by atoms with van der Waals surface area (Å²) in [6.45, 7) is 2.47. The maximum absolute atomic E-state index is 16.0. The molecule has 4 aromatic rings. The molecule has 0 saturated carbocycles. The van der Waals surface area contributed by atoms with Gasteiger partial charge in [-0.05, 0) is 50.5 Å². The summed E-state index contributed by atoms with van der Waals surface area (Å²) in [5.41, 5.74) is 6.96. The summed E-state index contributed by atoms with van der Waals surface area (Å²) in [5.74, 6) is -0.132. The molecule has 1 aromatic carbocycles. The molecule has 0 aliphatic carbocycles. The first-order valence-electron chi connectivity index (χ1n) is 13.2. The number of carbonyl (C=O) groups excluding carboxylic acids is 2. The van der Waals surface area contributed by atoms with Crippen LogP contribution in [0.5, 0.6) is 5.75 Å². The van der Waals surface area contributed by atoms with Crippen LogP contribution < -0.4 is 15.8 Å². The Kier molecular flexibility index (Phi) is 6.75. The van der Waals surface area contributed by atoms with E-state index in [1.54, 1.807) is 35.7 Å². The number of anilines is 2. The minimum absolute atomic E-state index is 0.0432. The molecule has 40 heavy (non-hydrogen) atoms. The molecule has 3 N–H and O–H groups in total. The number of fused-ring (bicyclic) bond motifs is 2. The summed E-state index contributed by atoms with van der Waals surface area (Å²) in [6.07, 6.45) is 6.01. The number of piperidine rings is 1. The number of rotatable bonds is 6. The maximum atomic E-state index is 16.0. The first-order chi connectivity index (χ1) is 19.4. The van der Waals surface area contributed by atoms with Crippen molar-refractivity contribution in [2.75, 3.05) is 24.2 Å². The van der Waals surface area contributed by atoms with Crippen molar-refractivity contribution in [1.82, 2.24) is 24.3 Å². The highest BCUT2D eigenvalue weighted by atomic mass is 35.5. The van der Waals surface area contributed by atoms with E-state index in [-0.39, 0.29) is 58.0 Å². The Morgan fingerprint density at radius 1 is 1.25 bits per heavy atom. The zero-order chi connectivity index (χ0) is 28.0. The SMILES string of the molecule is CCOc1cc(C(=O)Nc2ccccn2)cc(F)c1-c1nc([C@@H]2CC[C@H]3CCC(=O)N3C2)n2c(Cl)cnc(N)c12. The molecular weight excluding hydrogens is 537 g/mol. The molecule has 2 fully saturated rings. The third kappa shape index (κ3) is 4.49. The zero-order valence-corrected chi connectivity index (χ0v) is 22.5. The highest BCUT2D eigenvalue weighted by Gasteiger charge is 2.39. The first-order valence-corrected chi connectivity index (χ1v) is 13.5. The van der Waals surface area contributed by atoms with Crippen LogP contribution in [0.2, 0.25) is 5.15 Å². The van der Waals surface area contributed by atoms with Crippen LogP contribution in [0, 0.1) is 5.82 Å². The van der Waals surface area contributed by atoms with Gasteiger partial charge in [0.1, 0.15) is 45.4 Å². The number of hydrogen-bond acceptors (Lipinski definition) is 7. The summed E-state index contributed by atoms with van der Waals surface area (Å²) in [7, 11) is 0. The van der Waals surface area contributed by atoms with Gasteiger partial charge in [-0.3, -0.25) is 14.0 Å². The van der Waals surface area contributed by atoms with Crippen LogP contribution in [0.3, 0.4) is 0 Å². The smallest absolute Gasteiger partial charge is 0.257 e. The highest BCUT2D eigenvalue weighted by Crippen LogP contribution is 2.42. The van der Waals surface area contributed by atoms with Gasteiger partial charge in [-0.1, -0.05) is 17.7 Å². The molecule has 2 aliphatic heterocycles. The number of imidazole rings is 1. The van der Waals surface area contributed by atoms with Crippen LogP contribution >= 0.6 is 11.6 Å². The van der Waals surface area contributed by atoms with E-state index in [1.165, 1.54) is 12.3 Å². The van der Waals surface area contributed by atoms with E-state index in [0.29, 0.717) is 30.1 Å². The van der Waals surface area contributed by atoms with Crippen LogP contribution in [0.15, 0.2) is 42.7 Å². The van der Waals surface area contributed by atoms with Gasteiger partial charge in [0.25, 0.3) is 5.91 Å². The second-order valence-electron chi connectivity index (χ2n) is 9.91. The summed E-state index contributed by atoms with van der Waals surface area (Å²) in [4.78, 5) is 40.5. The van der Waals surface area contributed by atoms with Gasteiger partial charge >= 0.3 is 0 Å². The number of nitrogens with zero attached hydrogens (tertiary/aromatic N) is 5. The molecule has 2 saturated heterocycles. The highest BCUT2D eigenvalue weighted by molar-refractivity contribution is 6.30. The van der Waals surface area contributed by atoms with E-state index in [4.69, 9.17) is 27.1 Å². The molecule has 2 atom stereocenters. The van der Waals surface area contributed by atoms with Crippen LogP contribution in [0.4, 0.5) is 16.0 Å². The molecule has 2 aliphatic rings. The number of amides is 2. The van der Waals surface area contributed by atoms with E-state index in [2.05, 4.69) is 15.3 Å². The van der Waals surface area contributed by atoms with Gasteiger partial charge < -0.3 is 20.7 Å². The van der Waals surface area contributed by atoms with Crippen LogP contribution in [0.25, 0.3) is 16.8 Å². The van der Waals surface area contributed by atoms with Crippen molar-refractivity contribution in [3.05, 3.63) is 65.1 Å². The molecule has 0 bridgehead atoms. The van der Waals surface area contributed by atoms with E-state index >= 15 is 4.39 Å². The van der Waals surface area contributed by atoms with Crippen LogP contribution in [-0.2, 0) is 4.79 Å². The fourth-order valence-corrected chi connectivity index (χ4v) is 5.91. The third-order valence-electron chi connectivity index (χ3n) is 7.51. The monoisotopic (exact) mass is 563 g/mol. The lowest BCUT2D eigenvalue weighted by atomic mass is 9.92. The number of nitrogen functional groups attached to an aromatic ring is 1. The fraction of sp³-hybridized carbons (Fsp3) is 0.321. The normalized spacial score (nSPS) is 18.7. The van der Waals surface area contributed by atoms with Crippen molar-refractivity contribution in [3.63, 3.8) is 0 Å². The zero-order valence-electron chi connectivity index (χ0n) is 21.7. The molecule has 5 heterocycles. The first kappa shape index (κ1) is 26.0. The molecule has 0 spiro atoms. The topological polar surface area (TPSA) is 128 Å². The van der Waals surface area contributed by atoms with Crippen molar-refractivity contribution in [3.8, 4) is 17.0 Å². The minimum Gasteiger partial charge on any atom is -0.493 e. The third-order valence-corrected chi connectivity index (χ3v) is 7.78. The van der Waals surface area contributed by atoms with E-state index in [1.807, 2.05) is 4.90 Å². The number of aromatic nitrogens is 4. The molecule has 12 heteroatoms. The Morgan fingerprint density at radius 2 is 2.10 bits per heavy atom. The van der Waals surface area contributed by atoms with Crippen molar-refractivity contribution < 1.29 is 18.7 Å². The lowest BCUT2D eigenvalue weighted by Crippen LogP contribution is -2.41. The lowest BCUT2D eigenvalue weighted by molar-refractivity contribution is -0.130. The fourth-order valence-electron chi connectivity index (χ4n) is 5.69. The Balaban J connectivity index is 1.46. The number of ether oxygens (including phenoxy) is 1. The molecular formula is C28H27ClFN7O3. The molecule has 206 valence electrons. The van der Waals surface area contributed by atoms with E-state index in [9.17, 15) is 9.59 Å². The summed E-state index contributed by atoms with van der Waals surface area (Å²) >= 11 is 6.62. The predicted molar refractivity (Wildman–Crippen MR) is 148 cm³/mol. The number of benzene rings is 1. The van der Waals surface area contributed by atoms with Crippen molar-refractivity contribution in [2.24, 2.45) is 0 Å². The van der Waals surface area contributed by atoms with Gasteiger partial charge in [0.2, 0.25) is 5.91 Å². The Hall–Kier alpha value is -4.25. The number of nitrogens with one attached hydrogen (secondary N) is 1. The van der Waals surface area contributed by atoms with E-state index < -0.39 is 11.7 Å². The van der Waals surface area contributed by atoms with E-state index in [0.717, 1.165) is 25.3 Å². The summed E-state index contributed by atoms with van der Waals surface area (Å²) < 4.78 is 23.5. The van der Waals surface area contributed by atoms with Crippen molar-refractivity contribution in [2.45, 2.75) is 44.6 Å². The molecule has 10 nitrogen and oxygen atoms in total. The summed E-state index contributed by atoms with van der Waals surface area (Å²) in [6, 6.07) is 7.92. The number of pyridine rings is 1. The Bertz CT molecular complexity index is 1630. The Labute approximate surface area is 234 Å². The number of nitrogens with two attached hydrogens (primary N) is 1. The molecule has 0 radical (unpaired) electrons. The summed E-state index contributed by atoms with van der Waals surface area (Å²) in [5, 5.41) is 2.92. The second kappa shape index (κ2) is 10.4. The van der Waals surface area contributed by atoms with Gasteiger partial charge in [-0.25, -0.2) is 19.3 Å². The largest absolute Gasteiger partial charge is 0.493 e.